The zero-order valence-corrected chi connectivity index (χ0v) is 14.2. The largest absolute Gasteiger partial charge is 0.354 e. The van der Waals surface area contributed by atoms with Gasteiger partial charge < -0.3 is 10.2 Å². The van der Waals surface area contributed by atoms with Crippen molar-refractivity contribution in [2.24, 2.45) is 5.92 Å². The summed E-state index contributed by atoms with van der Waals surface area (Å²) in [5, 5.41) is 2.84. The molecule has 132 valence electrons. The van der Waals surface area contributed by atoms with Crippen LogP contribution in [0.3, 0.4) is 0 Å². The van der Waals surface area contributed by atoms with Gasteiger partial charge in [-0.25, -0.2) is 8.78 Å². The molecule has 1 aromatic carbocycles. The van der Waals surface area contributed by atoms with E-state index in [4.69, 9.17) is 0 Å². The van der Waals surface area contributed by atoms with Crippen LogP contribution in [0.4, 0.5) is 8.78 Å². The number of pyridine rings is 1. The lowest BCUT2D eigenvalue weighted by molar-refractivity contribution is -0.122. The summed E-state index contributed by atoms with van der Waals surface area (Å²) in [6, 6.07) is 7.04. The molecule has 1 aliphatic carbocycles. The second-order valence-corrected chi connectivity index (χ2v) is 6.59. The van der Waals surface area contributed by atoms with Crippen LogP contribution in [0.15, 0.2) is 42.7 Å². The molecule has 4 nitrogen and oxygen atoms in total. The summed E-state index contributed by atoms with van der Waals surface area (Å²) in [4.78, 5) is 18.2. The van der Waals surface area contributed by atoms with Crippen molar-refractivity contribution in [3.05, 3.63) is 65.5 Å². The van der Waals surface area contributed by atoms with Crippen molar-refractivity contribution < 1.29 is 13.6 Å². The number of carbonyl (C=O) groups is 1. The number of nitrogens with one attached hydrogen (secondary N) is 1. The first-order valence-electron chi connectivity index (χ1n) is 8.27. The Labute approximate surface area is 145 Å². The van der Waals surface area contributed by atoms with Gasteiger partial charge in [0.15, 0.2) is 0 Å². The molecule has 1 amide bonds. The molecule has 0 saturated heterocycles. The SMILES string of the molecule is CN(C)[C@H](CNC(=O)[C@H]1C[C@H]1c1cccnc1)c1c(F)cccc1F. The van der Waals surface area contributed by atoms with Crippen LogP contribution < -0.4 is 5.32 Å². The Morgan fingerprint density at radius 1 is 1.28 bits per heavy atom. The molecule has 0 spiro atoms. The summed E-state index contributed by atoms with van der Waals surface area (Å²) < 4.78 is 28.1. The van der Waals surface area contributed by atoms with E-state index in [1.54, 1.807) is 31.4 Å². The van der Waals surface area contributed by atoms with E-state index in [1.807, 2.05) is 12.1 Å². The van der Waals surface area contributed by atoms with E-state index in [-0.39, 0.29) is 29.9 Å². The van der Waals surface area contributed by atoms with Crippen LogP contribution in [-0.2, 0) is 4.79 Å². The Kier molecular flexibility index (Phi) is 5.08. The van der Waals surface area contributed by atoms with Gasteiger partial charge in [-0.2, -0.15) is 0 Å². The molecule has 0 radical (unpaired) electrons. The Morgan fingerprint density at radius 3 is 2.60 bits per heavy atom. The molecule has 3 atom stereocenters. The van der Waals surface area contributed by atoms with Gasteiger partial charge in [-0.3, -0.25) is 9.78 Å². The summed E-state index contributed by atoms with van der Waals surface area (Å²) in [6.45, 7) is 0.153. The van der Waals surface area contributed by atoms with Gasteiger partial charge in [-0.1, -0.05) is 12.1 Å². The number of nitrogens with zero attached hydrogens (tertiary/aromatic N) is 2. The second-order valence-electron chi connectivity index (χ2n) is 6.59. The van der Waals surface area contributed by atoms with Crippen molar-refractivity contribution in [3.63, 3.8) is 0 Å². The fourth-order valence-electron chi connectivity index (χ4n) is 3.15. The summed E-state index contributed by atoms with van der Waals surface area (Å²) in [6.07, 6.45) is 4.25. The minimum absolute atomic E-state index is 0.0209. The lowest BCUT2D eigenvalue weighted by Crippen LogP contribution is -2.36. The maximum atomic E-state index is 14.1. The molecular formula is C19H21F2N3O. The molecule has 1 saturated carbocycles. The van der Waals surface area contributed by atoms with Gasteiger partial charge in [-0.15, -0.1) is 0 Å². The van der Waals surface area contributed by atoms with Gasteiger partial charge in [0.25, 0.3) is 0 Å². The van der Waals surface area contributed by atoms with E-state index < -0.39 is 17.7 Å². The Bertz CT molecular complexity index is 731. The Balaban J connectivity index is 1.64. The van der Waals surface area contributed by atoms with E-state index in [9.17, 15) is 13.6 Å². The maximum Gasteiger partial charge on any atom is 0.223 e. The third-order valence-corrected chi connectivity index (χ3v) is 4.67. The van der Waals surface area contributed by atoms with E-state index >= 15 is 0 Å². The molecule has 2 aromatic rings. The van der Waals surface area contributed by atoms with E-state index in [0.717, 1.165) is 12.0 Å². The number of amides is 1. The van der Waals surface area contributed by atoms with Crippen LogP contribution in [0.2, 0.25) is 0 Å². The average Bonchev–Trinajstić information content (AvgIpc) is 3.38. The quantitative estimate of drug-likeness (QED) is 0.876. The van der Waals surface area contributed by atoms with Crippen molar-refractivity contribution in [2.75, 3.05) is 20.6 Å². The highest BCUT2D eigenvalue weighted by Crippen LogP contribution is 2.47. The van der Waals surface area contributed by atoms with Gasteiger partial charge in [0.05, 0.1) is 6.04 Å². The van der Waals surface area contributed by atoms with Gasteiger partial charge in [0.1, 0.15) is 11.6 Å². The standard InChI is InChI=1S/C19H21F2N3O/c1-24(2)17(18-15(20)6-3-7-16(18)21)11-23-19(25)14-9-13(14)12-5-4-8-22-10-12/h3-8,10,13-14,17H,9,11H2,1-2H3,(H,23,25)/t13-,14-,17+/m0/s1. The van der Waals surface area contributed by atoms with Gasteiger partial charge in [-0.05, 0) is 50.2 Å². The zero-order chi connectivity index (χ0) is 18.0. The first kappa shape index (κ1) is 17.5. The lowest BCUT2D eigenvalue weighted by Gasteiger charge is -2.26. The van der Waals surface area contributed by atoms with Gasteiger partial charge in [0.2, 0.25) is 5.91 Å². The van der Waals surface area contributed by atoms with Crippen LogP contribution in [0.5, 0.6) is 0 Å². The summed E-state index contributed by atoms with van der Waals surface area (Å²) in [7, 11) is 3.47. The molecular weight excluding hydrogens is 324 g/mol. The third-order valence-electron chi connectivity index (χ3n) is 4.67. The van der Waals surface area contributed by atoms with Gasteiger partial charge >= 0.3 is 0 Å². The first-order valence-corrected chi connectivity index (χ1v) is 8.27. The summed E-state index contributed by atoms with van der Waals surface area (Å²) >= 11 is 0. The maximum absolute atomic E-state index is 14.1. The van der Waals surface area contributed by atoms with Crippen LogP contribution in [0, 0.1) is 17.6 Å². The molecule has 1 aliphatic rings. The van der Waals surface area contributed by atoms with E-state index in [1.165, 1.54) is 18.2 Å². The summed E-state index contributed by atoms with van der Waals surface area (Å²) in [5.74, 6) is -1.22. The number of halogens is 2. The van der Waals surface area contributed by atoms with Crippen LogP contribution >= 0.6 is 0 Å². The zero-order valence-electron chi connectivity index (χ0n) is 14.2. The monoisotopic (exact) mass is 345 g/mol. The summed E-state index contributed by atoms with van der Waals surface area (Å²) in [5.41, 5.74) is 1.03. The number of carbonyl (C=O) groups excluding carboxylic acids is 1. The van der Waals surface area contributed by atoms with Crippen molar-refractivity contribution in [1.29, 1.82) is 0 Å². The molecule has 1 fully saturated rings. The van der Waals surface area contributed by atoms with Crippen molar-refractivity contribution in [3.8, 4) is 0 Å². The van der Waals surface area contributed by atoms with Crippen molar-refractivity contribution in [2.45, 2.75) is 18.4 Å². The molecule has 1 aromatic heterocycles. The predicted octanol–water partition coefficient (Wildman–Crippen LogP) is 2.88. The van der Waals surface area contributed by atoms with Crippen LogP contribution in [-0.4, -0.2) is 36.4 Å². The molecule has 25 heavy (non-hydrogen) atoms. The second kappa shape index (κ2) is 7.27. The predicted molar refractivity (Wildman–Crippen MR) is 90.9 cm³/mol. The molecule has 3 rings (SSSR count). The number of hydrogen-bond acceptors (Lipinski definition) is 3. The smallest absolute Gasteiger partial charge is 0.223 e. The van der Waals surface area contributed by atoms with Crippen molar-refractivity contribution >= 4 is 5.91 Å². The van der Waals surface area contributed by atoms with E-state index in [2.05, 4.69) is 10.3 Å². The minimum Gasteiger partial charge on any atom is -0.354 e. The number of benzene rings is 1. The normalized spacial score (nSPS) is 20.4. The third kappa shape index (κ3) is 3.85. The van der Waals surface area contributed by atoms with Crippen LogP contribution in [0.1, 0.15) is 29.5 Å². The first-order chi connectivity index (χ1) is 12.0. The van der Waals surface area contributed by atoms with E-state index in [0.29, 0.717) is 0 Å². The molecule has 6 heteroatoms. The topological polar surface area (TPSA) is 45.2 Å². The highest BCUT2D eigenvalue weighted by atomic mass is 19.1. The molecule has 1 N–H and O–H groups in total. The Hall–Kier alpha value is -2.34. The Morgan fingerprint density at radius 2 is 2.00 bits per heavy atom. The highest BCUT2D eigenvalue weighted by molar-refractivity contribution is 5.82. The lowest BCUT2D eigenvalue weighted by atomic mass is 10.0. The molecule has 0 aliphatic heterocycles. The molecule has 1 heterocycles. The number of hydrogen-bond donors (Lipinski definition) is 1. The minimum atomic E-state index is -0.604. The highest BCUT2D eigenvalue weighted by Gasteiger charge is 2.44. The van der Waals surface area contributed by atoms with Crippen molar-refractivity contribution in [1.82, 2.24) is 15.2 Å². The van der Waals surface area contributed by atoms with Gasteiger partial charge in [0, 0.05) is 30.4 Å². The number of aromatic nitrogens is 1. The fourth-order valence-corrected chi connectivity index (χ4v) is 3.15. The number of likely N-dealkylation sites (N-methyl/N-ethyl adjacent to an activating group) is 1. The fraction of sp³-hybridized carbons (Fsp3) is 0.368. The van der Waals surface area contributed by atoms with Crippen LogP contribution in [0.25, 0.3) is 0 Å². The number of rotatable bonds is 6. The molecule has 0 bridgehead atoms. The molecule has 0 unspecified atom stereocenters. The average molecular weight is 345 g/mol.